The second-order valence-corrected chi connectivity index (χ2v) is 1.56. The Morgan fingerprint density at radius 3 is 2.50 bits per heavy atom. The van der Waals surface area contributed by atoms with E-state index in [1.807, 2.05) is 18.5 Å². The van der Waals surface area contributed by atoms with Gasteiger partial charge in [-0.05, 0) is 7.05 Å². The molecule has 0 unspecified atom stereocenters. The third-order valence-corrected chi connectivity index (χ3v) is 0.988. The fourth-order valence-electron chi connectivity index (χ4n) is 0.374. The maximum Gasteiger partial charge on any atom is 0.000402 e. The molecule has 0 amide bonds. The zero-order valence-corrected chi connectivity index (χ0v) is 7.89. The fraction of sp³-hybridized carbons (Fsp3) is 0.400. The van der Waals surface area contributed by atoms with Gasteiger partial charge in [-0.1, -0.05) is 6.92 Å². The van der Waals surface area contributed by atoms with Gasteiger partial charge in [0.1, 0.15) is 0 Å². The van der Waals surface area contributed by atoms with E-state index in [9.17, 15) is 0 Å². The Bertz CT molecular complexity index is 143. The monoisotopic (exact) mass is 184 g/mol. The van der Waals surface area contributed by atoms with Crippen LogP contribution in [0.3, 0.4) is 0 Å². The summed E-state index contributed by atoms with van der Waals surface area (Å²) in [5, 5.41) is 0. The maximum absolute atomic E-state index is 3.76. The van der Waals surface area contributed by atoms with Crippen LogP contribution in [0.25, 0.3) is 0 Å². The molecule has 0 N–H and O–H groups in total. The van der Waals surface area contributed by atoms with E-state index in [2.05, 4.69) is 11.3 Å². The van der Waals surface area contributed by atoms with Gasteiger partial charge in [0.2, 0.25) is 0 Å². The van der Waals surface area contributed by atoms with Crippen LogP contribution in [-0.4, -0.2) is 9.55 Å². The van der Waals surface area contributed by atoms with Gasteiger partial charge in [-0.25, -0.2) is 0 Å². The Labute approximate surface area is 74.2 Å². The van der Waals surface area contributed by atoms with Crippen LogP contribution in [0.15, 0.2) is 6.20 Å². The molecule has 3 heteroatoms. The van der Waals surface area contributed by atoms with Crippen molar-refractivity contribution >= 4 is 0 Å². The van der Waals surface area contributed by atoms with E-state index >= 15 is 0 Å². The van der Waals surface area contributed by atoms with Gasteiger partial charge < -0.3 is 9.55 Å². The largest absolute Gasteiger partial charge is 0.454 e. The van der Waals surface area contributed by atoms with Gasteiger partial charge in [-0.15, -0.1) is 11.9 Å². The molecule has 2 nitrogen and oxygen atoms in total. The van der Waals surface area contributed by atoms with Gasteiger partial charge in [0.25, 0.3) is 0 Å². The Balaban J connectivity index is 0.000000490. The first-order valence-electron chi connectivity index (χ1n) is 2.16. The van der Waals surface area contributed by atoms with E-state index in [0.29, 0.717) is 0 Å². The predicted molar refractivity (Wildman–Crippen MR) is 26.8 cm³/mol. The molecule has 41 valence electrons. The van der Waals surface area contributed by atoms with E-state index in [0.717, 1.165) is 5.69 Å². The summed E-state index contributed by atoms with van der Waals surface area (Å²) in [7, 11) is 1.92. The predicted octanol–water partition coefficient (Wildman–Crippen LogP) is 0.526. The van der Waals surface area contributed by atoms with Gasteiger partial charge in [-0.3, -0.25) is 0 Å². The van der Waals surface area contributed by atoms with Crippen molar-refractivity contribution < 1.29 is 32.7 Å². The second-order valence-electron chi connectivity index (χ2n) is 1.56. The second kappa shape index (κ2) is 3.36. The zero-order valence-electron chi connectivity index (χ0n) is 5.05. The van der Waals surface area contributed by atoms with Gasteiger partial charge in [0, 0.05) is 39.0 Å². The summed E-state index contributed by atoms with van der Waals surface area (Å²) in [6.45, 7) is 1.99. The normalized spacial score (nSPS) is 8.25. The van der Waals surface area contributed by atoms with E-state index in [1.165, 1.54) is 0 Å². The van der Waals surface area contributed by atoms with Crippen LogP contribution in [0.1, 0.15) is 5.69 Å². The van der Waals surface area contributed by atoms with Crippen molar-refractivity contribution in [2.24, 2.45) is 7.05 Å². The molecule has 0 bridgehead atoms. The minimum Gasteiger partial charge on any atom is -0.454 e. The third-order valence-electron chi connectivity index (χ3n) is 0.988. The first kappa shape index (κ1) is 8.31. The molecule has 1 radical (unpaired) electrons. The fourth-order valence-corrected chi connectivity index (χ4v) is 0.374. The summed E-state index contributed by atoms with van der Waals surface area (Å²) in [6, 6.07) is 0. The summed E-state index contributed by atoms with van der Waals surface area (Å²) < 4.78 is 1.85. The Hall–Kier alpha value is 0.314. The number of aryl methyl sites for hydroxylation is 2. The van der Waals surface area contributed by atoms with E-state index in [1.54, 1.807) is 6.20 Å². The van der Waals surface area contributed by atoms with Gasteiger partial charge in [-0.2, -0.15) is 0 Å². The van der Waals surface area contributed by atoms with Crippen molar-refractivity contribution in [3.8, 4) is 0 Å². The number of hydrogen-bond donors (Lipinski definition) is 0. The van der Waals surface area contributed by atoms with Crippen LogP contribution < -0.4 is 0 Å². The van der Waals surface area contributed by atoms with Crippen molar-refractivity contribution in [1.29, 1.82) is 0 Å². The minimum atomic E-state index is 0. The van der Waals surface area contributed by atoms with Crippen LogP contribution in [0.5, 0.6) is 0 Å². The van der Waals surface area contributed by atoms with Gasteiger partial charge in [0.05, 0.1) is 0 Å². The molecule has 0 aliphatic rings. The molecular weight excluding hydrogens is 177 g/mol. The average molecular weight is 184 g/mol. The van der Waals surface area contributed by atoms with Gasteiger partial charge in [0.15, 0.2) is 0 Å². The van der Waals surface area contributed by atoms with Crippen molar-refractivity contribution in [3.63, 3.8) is 0 Å². The molecule has 0 atom stereocenters. The molecule has 0 aliphatic heterocycles. The summed E-state index contributed by atoms with van der Waals surface area (Å²) in [4.78, 5) is 3.76. The summed E-state index contributed by atoms with van der Waals surface area (Å²) in [5.41, 5.74) is 1.14. The molecule has 1 rings (SSSR count). The van der Waals surface area contributed by atoms with Gasteiger partial charge >= 0.3 is 0 Å². The van der Waals surface area contributed by atoms with Crippen LogP contribution in [-0.2, 0) is 39.8 Å². The van der Waals surface area contributed by atoms with Crippen LogP contribution >= 0.6 is 0 Å². The van der Waals surface area contributed by atoms with Crippen molar-refractivity contribution in [3.05, 3.63) is 18.2 Å². The molecule has 0 saturated carbocycles. The van der Waals surface area contributed by atoms with Crippen LogP contribution in [0.2, 0.25) is 0 Å². The average Bonchev–Trinajstić information content (AvgIpc) is 1.91. The SMILES string of the molecule is Cc1cn[c-]n1C.[Y]. The Morgan fingerprint density at radius 2 is 2.38 bits per heavy atom. The number of hydrogen-bond acceptors (Lipinski definition) is 1. The van der Waals surface area contributed by atoms with Crippen molar-refractivity contribution in [1.82, 2.24) is 9.55 Å². The number of nitrogens with zero attached hydrogens (tertiary/aromatic N) is 2. The molecule has 0 fully saturated rings. The summed E-state index contributed by atoms with van der Waals surface area (Å²) in [5.74, 6) is 0. The molecule has 0 aromatic carbocycles. The number of aromatic nitrogens is 2. The molecule has 0 spiro atoms. The van der Waals surface area contributed by atoms with Crippen molar-refractivity contribution in [2.45, 2.75) is 6.92 Å². The maximum atomic E-state index is 3.76. The number of rotatable bonds is 0. The first-order valence-corrected chi connectivity index (χ1v) is 2.16. The molecule has 1 aromatic rings. The standard InChI is InChI=1S/C5H7N2.Y/c1-5-3-6-4-7(5)2;/h3H,1-2H3;/q-1;. The molecular formula is C5H7N2Y-. The number of imidazole rings is 1. The molecule has 1 heterocycles. The quantitative estimate of drug-likeness (QED) is 0.537. The van der Waals surface area contributed by atoms with E-state index < -0.39 is 0 Å². The topological polar surface area (TPSA) is 17.8 Å². The Morgan fingerprint density at radius 1 is 1.75 bits per heavy atom. The van der Waals surface area contributed by atoms with Crippen LogP contribution in [0, 0.1) is 13.3 Å². The summed E-state index contributed by atoms with van der Waals surface area (Å²) >= 11 is 0. The minimum absolute atomic E-state index is 0. The molecule has 1 aromatic heterocycles. The smallest absolute Gasteiger partial charge is 0.000402 e. The first-order chi connectivity index (χ1) is 3.30. The zero-order chi connectivity index (χ0) is 5.28. The summed E-state index contributed by atoms with van der Waals surface area (Å²) in [6.07, 6.45) is 4.51. The van der Waals surface area contributed by atoms with E-state index in [4.69, 9.17) is 0 Å². The van der Waals surface area contributed by atoms with E-state index in [-0.39, 0.29) is 32.7 Å². The molecule has 8 heavy (non-hydrogen) atoms. The van der Waals surface area contributed by atoms with Crippen molar-refractivity contribution in [2.75, 3.05) is 0 Å². The third kappa shape index (κ3) is 1.68. The molecule has 0 aliphatic carbocycles. The Kier molecular flexibility index (Phi) is 3.49. The van der Waals surface area contributed by atoms with Crippen LogP contribution in [0.4, 0.5) is 0 Å². The molecule has 0 saturated heterocycles.